The highest BCUT2D eigenvalue weighted by Crippen LogP contribution is 2.36. The molecule has 2 unspecified atom stereocenters. The molecule has 0 aromatic carbocycles. The van der Waals surface area contributed by atoms with Crippen LogP contribution < -0.4 is 0 Å². The predicted molar refractivity (Wildman–Crippen MR) is 144 cm³/mol. The van der Waals surface area contributed by atoms with Gasteiger partial charge in [0.05, 0.1) is 12.2 Å². The normalized spacial score (nSPS) is 14.6. The molecule has 0 bridgehead atoms. The van der Waals surface area contributed by atoms with Crippen LogP contribution in [0.4, 0.5) is 0 Å². The summed E-state index contributed by atoms with van der Waals surface area (Å²) in [6, 6.07) is 0. The van der Waals surface area contributed by atoms with Gasteiger partial charge in [0, 0.05) is 14.2 Å². The van der Waals surface area contributed by atoms with Gasteiger partial charge >= 0.3 is 0 Å². The number of ether oxygens (including phenoxy) is 2. The minimum Gasteiger partial charge on any atom is -0.381 e. The van der Waals surface area contributed by atoms with Gasteiger partial charge in [0.25, 0.3) is 0 Å². The second-order valence-electron chi connectivity index (χ2n) is 11.7. The predicted octanol–water partition coefficient (Wildman–Crippen LogP) is 10.1. The molecular formula is C30H62O2. The van der Waals surface area contributed by atoms with Gasteiger partial charge in [0.15, 0.2) is 0 Å². The Labute approximate surface area is 204 Å². The Morgan fingerprint density at radius 3 is 1.09 bits per heavy atom. The van der Waals surface area contributed by atoms with E-state index in [0.29, 0.717) is 12.2 Å². The molecule has 0 saturated heterocycles. The van der Waals surface area contributed by atoms with Crippen LogP contribution in [0.15, 0.2) is 0 Å². The van der Waals surface area contributed by atoms with Gasteiger partial charge < -0.3 is 9.47 Å². The van der Waals surface area contributed by atoms with Crippen molar-refractivity contribution in [3.8, 4) is 0 Å². The molecule has 0 spiro atoms. The van der Waals surface area contributed by atoms with E-state index in [9.17, 15) is 0 Å². The largest absolute Gasteiger partial charge is 0.381 e. The van der Waals surface area contributed by atoms with Crippen LogP contribution in [0.3, 0.4) is 0 Å². The zero-order chi connectivity index (χ0) is 24.3. The van der Waals surface area contributed by atoms with Crippen LogP contribution in [0.2, 0.25) is 0 Å². The SMILES string of the molecule is CCCCCCCCC(OC)C(C)(C)CCCCC(C)(C)C(CCCCCCCC)OC. The van der Waals surface area contributed by atoms with Crippen LogP contribution in [-0.4, -0.2) is 26.4 Å². The van der Waals surface area contributed by atoms with Gasteiger partial charge in [-0.2, -0.15) is 0 Å². The minimum atomic E-state index is 0.265. The fraction of sp³-hybridized carbons (Fsp3) is 1.00. The van der Waals surface area contributed by atoms with E-state index in [1.807, 2.05) is 14.2 Å². The quantitative estimate of drug-likeness (QED) is 0.143. The third kappa shape index (κ3) is 14.9. The summed E-state index contributed by atoms with van der Waals surface area (Å²) in [5, 5.41) is 0. The molecule has 194 valence electrons. The molecular weight excluding hydrogens is 392 g/mol. The molecule has 2 atom stereocenters. The van der Waals surface area contributed by atoms with E-state index in [-0.39, 0.29) is 10.8 Å². The lowest BCUT2D eigenvalue weighted by Crippen LogP contribution is -2.32. The molecule has 0 heterocycles. The van der Waals surface area contributed by atoms with Crippen molar-refractivity contribution in [3.05, 3.63) is 0 Å². The summed E-state index contributed by atoms with van der Waals surface area (Å²) >= 11 is 0. The first kappa shape index (κ1) is 31.9. The molecule has 0 N–H and O–H groups in total. The molecule has 0 aliphatic heterocycles. The third-order valence-corrected chi connectivity index (χ3v) is 7.84. The number of hydrogen-bond donors (Lipinski definition) is 0. The fourth-order valence-corrected chi connectivity index (χ4v) is 5.36. The second kappa shape index (κ2) is 19.2. The summed E-state index contributed by atoms with van der Waals surface area (Å²) in [4.78, 5) is 0. The van der Waals surface area contributed by atoms with Gasteiger partial charge in [0.2, 0.25) is 0 Å². The van der Waals surface area contributed by atoms with Gasteiger partial charge in [-0.15, -0.1) is 0 Å². The highest BCUT2D eigenvalue weighted by Gasteiger charge is 2.31. The van der Waals surface area contributed by atoms with E-state index in [1.165, 1.54) is 116 Å². The number of unbranched alkanes of at least 4 members (excludes halogenated alkanes) is 11. The van der Waals surface area contributed by atoms with Crippen molar-refractivity contribution in [2.75, 3.05) is 14.2 Å². The van der Waals surface area contributed by atoms with E-state index >= 15 is 0 Å². The van der Waals surface area contributed by atoms with Crippen LogP contribution in [0.25, 0.3) is 0 Å². The number of hydrogen-bond acceptors (Lipinski definition) is 2. The smallest absolute Gasteiger partial charge is 0.0622 e. The van der Waals surface area contributed by atoms with Crippen LogP contribution in [0.1, 0.15) is 157 Å². The third-order valence-electron chi connectivity index (χ3n) is 7.84. The molecule has 0 fully saturated rings. The second-order valence-corrected chi connectivity index (χ2v) is 11.7. The topological polar surface area (TPSA) is 18.5 Å². The number of rotatable bonds is 23. The molecule has 0 aliphatic rings. The highest BCUT2D eigenvalue weighted by molar-refractivity contribution is 4.82. The Morgan fingerprint density at radius 2 is 0.781 bits per heavy atom. The molecule has 32 heavy (non-hydrogen) atoms. The molecule has 0 amide bonds. The Balaban J connectivity index is 4.24. The summed E-state index contributed by atoms with van der Waals surface area (Å²) in [6.45, 7) is 14.2. The first-order valence-corrected chi connectivity index (χ1v) is 14.3. The summed E-state index contributed by atoms with van der Waals surface area (Å²) in [6.07, 6.45) is 24.7. The van der Waals surface area contributed by atoms with Crippen molar-refractivity contribution in [2.24, 2.45) is 10.8 Å². The van der Waals surface area contributed by atoms with Crippen molar-refractivity contribution < 1.29 is 9.47 Å². The highest BCUT2D eigenvalue weighted by atomic mass is 16.5. The van der Waals surface area contributed by atoms with E-state index in [2.05, 4.69) is 41.5 Å². The van der Waals surface area contributed by atoms with Crippen LogP contribution in [0.5, 0.6) is 0 Å². The summed E-state index contributed by atoms with van der Waals surface area (Å²) in [5.74, 6) is 0. The van der Waals surface area contributed by atoms with E-state index in [4.69, 9.17) is 9.47 Å². The standard InChI is InChI=1S/C30H62O2/c1-9-11-13-15-17-19-23-27(31-7)29(3,4)25-21-22-26-30(5,6)28(32-8)24-20-18-16-14-12-10-2/h27-28H,9-26H2,1-8H3. The van der Waals surface area contributed by atoms with Crippen molar-refractivity contribution >= 4 is 0 Å². The van der Waals surface area contributed by atoms with Crippen LogP contribution >= 0.6 is 0 Å². The van der Waals surface area contributed by atoms with E-state index in [0.717, 1.165) is 0 Å². The molecule has 2 heteroatoms. The van der Waals surface area contributed by atoms with Crippen molar-refractivity contribution in [3.63, 3.8) is 0 Å². The monoisotopic (exact) mass is 454 g/mol. The first-order valence-electron chi connectivity index (χ1n) is 14.3. The Morgan fingerprint density at radius 1 is 0.469 bits per heavy atom. The van der Waals surface area contributed by atoms with Gasteiger partial charge in [-0.25, -0.2) is 0 Å². The Bertz CT molecular complexity index is 364. The van der Waals surface area contributed by atoms with Crippen molar-refractivity contribution in [1.29, 1.82) is 0 Å². The molecule has 2 nitrogen and oxygen atoms in total. The molecule has 0 radical (unpaired) electrons. The van der Waals surface area contributed by atoms with Gasteiger partial charge in [-0.3, -0.25) is 0 Å². The van der Waals surface area contributed by atoms with Gasteiger partial charge in [0.1, 0.15) is 0 Å². The molecule has 0 aromatic rings. The lowest BCUT2D eigenvalue weighted by molar-refractivity contribution is -0.0135. The molecule has 0 rings (SSSR count). The lowest BCUT2D eigenvalue weighted by atomic mass is 9.76. The van der Waals surface area contributed by atoms with Crippen LogP contribution in [0, 0.1) is 10.8 Å². The van der Waals surface area contributed by atoms with E-state index < -0.39 is 0 Å². The Hall–Kier alpha value is -0.0800. The maximum atomic E-state index is 5.96. The molecule has 0 aromatic heterocycles. The number of methoxy groups -OCH3 is 2. The average Bonchev–Trinajstić information content (AvgIpc) is 2.75. The average molecular weight is 455 g/mol. The zero-order valence-corrected chi connectivity index (χ0v) is 23.7. The first-order chi connectivity index (χ1) is 15.2. The van der Waals surface area contributed by atoms with Crippen LogP contribution in [-0.2, 0) is 9.47 Å². The fourth-order valence-electron chi connectivity index (χ4n) is 5.36. The summed E-state index contributed by atoms with van der Waals surface area (Å²) < 4.78 is 11.9. The Kier molecular flexibility index (Phi) is 19.2. The zero-order valence-electron chi connectivity index (χ0n) is 23.7. The van der Waals surface area contributed by atoms with Crippen molar-refractivity contribution in [2.45, 2.75) is 169 Å². The van der Waals surface area contributed by atoms with Gasteiger partial charge in [-0.05, 0) is 36.5 Å². The maximum absolute atomic E-state index is 5.96. The summed E-state index contributed by atoms with van der Waals surface area (Å²) in [7, 11) is 3.83. The maximum Gasteiger partial charge on any atom is 0.0622 e. The summed E-state index contributed by atoms with van der Waals surface area (Å²) in [5.41, 5.74) is 0.531. The van der Waals surface area contributed by atoms with E-state index in [1.54, 1.807) is 0 Å². The molecule has 0 saturated carbocycles. The molecule has 0 aliphatic carbocycles. The van der Waals surface area contributed by atoms with Gasteiger partial charge in [-0.1, -0.05) is 131 Å². The van der Waals surface area contributed by atoms with Crippen molar-refractivity contribution in [1.82, 2.24) is 0 Å². The lowest BCUT2D eigenvalue weighted by Gasteiger charge is -2.36. The minimum absolute atomic E-state index is 0.265.